The van der Waals surface area contributed by atoms with Gasteiger partial charge < -0.3 is 16.0 Å². The molecule has 0 bridgehead atoms. The van der Waals surface area contributed by atoms with Crippen LogP contribution in [0, 0.1) is 0 Å². The second-order valence-corrected chi connectivity index (χ2v) is 7.78. The molecule has 9 heteroatoms. The lowest BCUT2D eigenvalue weighted by Crippen LogP contribution is -2.24. The number of carbonyl (C=O) groups is 2. The Morgan fingerprint density at radius 2 is 1.53 bits per heavy atom. The number of hydrogen-bond donors (Lipinski definition) is 3. The molecule has 0 aliphatic carbocycles. The van der Waals surface area contributed by atoms with Gasteiger partial charge in [0.25, 0.3) is 0 Å². The predicted molar refractivity (Wildman–Crippen MR) is 128 cm³/mol. The van der Waals surface area contributed by atoms with Gasteiger partial charge >= 0.3 is 12.2 Å². The SMILES string of the molecule is CC(NC(=O)/C=C/c1ccc(NC(=O)Nc2ccc(Cl)c(C(F)(F)F)c2)cc1)c1ccccc1. The third kappa shape index (κ3) is 7.11. The smallest absolute Gasteiger partial charge is 0.346 e. The Labute approximate surface area is 199 Å². The summed E-state index contributed by atoms with van der Waals surface area (Å²) >= 11 is 5.58. The van der Waals surface area contributed by atoms with Crippen LogP contribution in [0.2, 0.25) is 5.02 Å². The van der Waals surface area contributed by atoms with Gasteiger partial charge in [-0.3, -0.25) is 4.79 Å². The van der Waals surface area contributed by atoms with Crippen molar-refractivity contribution in [2.45, 2.75) is 19.1 Å². The highest BCUT2D eigenvalue weighted by Gasteiger charge is 2.33. The molecule has 5 nitrogen and oxygen atoms in total. The van der Waals surface area contributed by atoms with E-state index in [0.717, 1.165) is 23.3 Å². The summed E-state index contributed by atoms with van der Waals surface area (Å²) in [4.78, 5) is 24.3. The molecule has 0 spiro atoms. The van der Waals surface area contributed by atoms with Gasteiger partial charge in [0, 0.05) is 17.5 Å². The lowest BCUT2D eigenvalue weighted by atomic mass is 10.1. The van der Waals surface area contributed by atoms with Gasteiger partial charge in [0.1, 0.15) is 0 Å². The first kappa shape index (κ1) is 24.9. The van der Waals surface area contributed by atoms with Crippen LogP contribution in [0.1, 0.15) is 29.7 Å². The van der Waals surface area contributed by atoms with Gasteiger partial charge in [-0.05, 0) is 54.5 Å². The molecule has 0 saturated carbocycles. The zero-order valence-electron chi connectivity index (χ0n) is 18.0. The number of nitrogens with one attached hydrogen (secondary N) is 3. The summed E-state index contributed by atoms with van der Waals surface area (Å²) < 4.78 is 38.9. The number of carbonyl (C=O) groups excluding carboxylic acids is 2. The van der Waals surface area contributed by atoms with Crippen molar-refractivity contribution < 1.29 is 22.8 Å². The predicted octanol–water partition coefficient (Wildman–Crippen LogP) is 6.89. The van der Waals surface area contributed by atoms with Crippen LogP contribution < -0.4 is 16.0 Å². The van der Waals surface area contributed by atoms with Crippen LogP contribution in [-0.4, -0.2) is 11.9 Å². The lowest BCUT2D eigenvalue weighted by molar-refractivity contribution is -0.137. The van der Waals surface area contributed by atoms with E-state index < -0.39 is 22.8 Å². The summed E-state index contributed by atoms with van der Waals surface area (Å²) in [6.45, 7) is 1.89. The van der Waals surface area contributed by atoms with E-state index in [9.17, 15) is 22.8 Å². The molecular formula is C25H21ClF3N3O2. The van der Waals surface area contributed by atoms with E-state index in [1.165, 1.54) is 12.1 Å². The van der Waals surface area contributed by atoms with Crippen LogP contribution >= 0.6 is 11.6 Å². The Balaban J connectivity index is 1.54. The quantitative estimate of drug-likeness (QED) is 0.331. The van der Waals surface area contributed by atoms with Crippen LogP contribution in [0.5, 0.6) is 0 Å². The standard InChI is InChI=1S/C25H21ClF3N3O2/c1-16(18-5-3-2-4-6-18)30-23(33)14-9-17-7-10-19(11-8-17)31-24(34)32-20-12-13-22(26)21(15-20)25(27,28)29/h2-16H,1H3,(H,30,33)(H2,31,32,34)/b14-9+. The fourth-order valence-corrected chi connectivity index (χ4v) is 3.27. The number of alkyl halides is 3. The zero-order valence-corrected chi connectivity index (χ0v) is 18.7. The number of hydrogen-bond acceptors (Lipinski definition) is 2. The van der Waals surface area contributed by atoms with Crippen LogP contribution in [0.25, 0.3) is 6.08 Å². The molecule has 1 unspecified atom stereocenters. The van der Waals surface area contributed by atoms with Gasteiger partial charge in [0.2, 0.25) is 5.91 Å². The first-order chi connectivity index (χ1) is 16.1. The van der Waals surface area contributed by atoms with E-state index in [1.807, 2.05) is 37.3 Å². The number of benzene rings is 3. The van der Waals surface area contributed by atoms with Gasteiger partial charge in [-0.15, -0.1) is 0 Å². The summed E-state index contributed by atoms with van der Waals surface area (Å²) in [6, 6.07) is 18.4. The number of urea groups is 1. The second kappa shape index (κ2) is 10.9. The van der Waals surface area contributed by atoms with Gasteiger partial charge in [-0.2, -0.15) is 13.2 Å². The Kier molecular flexibility index (Phi) is 7.96. The van der Waals surface area contributed by atoms with Crippen molar-refractivity contribution in [3.63, 3.8) is 0 Å². The average molecular weight is 488 g/mol. The Hall–Kier alpha value is -3.78. The fraction of sp³-hybridized carbons (Fsp3) is 0.120. The first-order valence-electron chi connectivity index (χ1n) is 10.2. The van der Waals surface area contributed by atoms with Gasteiger partial charge in [0.15, 0.2) is 0 Å². The van der Waals surface area contributed by atoms with E-state index in [0.29, 0.717) is 5.69 Å². The molecule has 176 valence electrons. The van der Waals surface area contributed by atoms with Gasteiger partial charge in [-0.1, -0.05) is 54.1 Å². The highest BCUT2D eigenvalue weighted by molar-refractivity contribution is 6.31. The van der Waals surface area contributed by atoms with E-state index in [2.05, 4.69) is 16.0 Å². The summed E-state index contributed by atoms with van der Waals surface area (Å²) in [5.41, 5.74) is 1.05. The van der Waals surface area contributed by atoms with Crippen molar-refractivity contribution in [2.24, 2.45) is 0 Å². The maximum absolute atomic E-state index is 13.0. The minimum atomic E-state index is -4.63. The summed E-state index contributed by atoms with van der Waals surface area (Å²) in [6.07, 6.45) is -1.60. The average Bonchev–Trinajstić information content (AvgIpc) is 2.79. The number of anilines is 2. The number of rotatable bonds is 6. The minimum Gasteiger partial charge on any atom is -0.346 e. The maximum Gasteiger partial charge on any atom is 0.417 e. The van der Waals surface area contributed by atoms with Crippen LogP contribution in [0.3, 0.4) is 0 Å². The molecular weight excluding hydrogens is 467 g/mol. The molecule has 0 aromatic heterocycles. The second-order valence-electron chi connectivity index (χ2n) is 7.37. The molecule has 0 aliphatic heterocycles. The van der Waals surface area contributed by atoms with Crippen LogP contribution in [0.15, 0.2) is 78.9 Å². The first-order valence-corrected chi connectivity index (χ1v) is 10.6. The van der Waals surface area contributed by atoms with Gasteiger partial charge in [0.05, 0.1) is 16.6 Å². The largest absolute Gasteiger partial charge is 0.417 e. The molecule has 0 aliphatic rings. The summed E-state index contributed by atoms with van der Waals surface area (Å²) in [7, 11) is 0. The molecule has 0 heterocycles. The normalized spacial score (nSPS) is 12.3. The van der Waals surface area contributed by atoms with Crippen molar-refractivity contribution in [2.75, 3.05) is 10.6 Å². The number of amides is 3. The van der Waals surface area contributed by atoms with Crippen molar-refractivity contribution in [3.05, 3.63) is 101 Å². The Bertz CT molecular complexity index is 1180. The number of halogens is 4. The molecule has 3 aromatic carbocycles. The minimum absolute atomic E-state index is 0.0514. The third-order valence-corrected chi connectivity index (χ3v) is 5.11. The molecule has 1 atom stereocenters. The molecule has 3 N–H and O–H groups in total. The maximum atomic E-state index is 13.0. The van der Waals surface area contributed by atoms with E-state index in [4.69, 9.17) is 11.6 Å². The van der Waals surface area contributed by atoms with E-state index >= 15 is 0 Å². The van der Waals surface area contributed by atoms with Crippen molar-refractivity contribution in [3.8, 4) is 0 Å². The van der Waals surface area contributed by atoms with Crippen molar-refractivity contribution >= 4 is 41.0 Å². The third-order valence-electron chi connectivity index (χ3n) is 4.78. The fourth-order valence-electron chi connectivity index (χ4n) is 3.05. The van der Waals surface area contributed by atoms with Crippen molar-refractivity contribution in [1.82, 2.24) is 5.32 Å². The summed E-state index contributed by atoms with van der Waals surface area (Å²) in [5.74, 6) is -0.251. The Morgan fingerprint density at radius 3 is 2.18 bits per heavy atom. The topological polar surface area (TPSA) is 70.2 Å². The molecule has 3 aromatic rings. The zero-order chi connectivity index (χ0) is 24.7. The molecule has 3 rings (SSSR count). The molecule has 0 fully saturated rings. The van der Waals surface area contributed by atoms with E-state index in [-0.39, 0.29) is 17.6 Å². The molecule has 34 heavy (non-hydrogen) atoms. The van der Waals surface area contributed by atoms with Crippen LogP contribution in [0.4, 0.5) is 29.3 Å². The summed E-state index contributed by atoms with van der Waals surface area (Å²) in [5, 5.41) is 7.29. The molecule has 3 amide bonds. The van der Waals surface area contributed by atoms with Gasteiger partial charge in [-0.25, -0.2) is 4.79 Å². The monoisotopic (exact) mass is 487 g/mol. The highest BCUT2D eigenvalue weighted by atomic mass is 35.5. The lowest BCUT2D eigenvalue weighted by Gasteiger charge is -2.12. The van der Waals surface area contributed by atoms with Crippen molar-refractivity contribution in [1.29, 1.82) is 0 Å². The highest BCUT2D eigenvalue weighted by Crippen LogP contribution is 2.36. The van der Waals surface area contributed by atoms with E-state index in [1.54, 1.807) is 30.3 Å². The Morgan fingerprint density at radius 1 is 0.912 bits per heavy atom. The molecule has 0 saturated heterocycles. The molecule has 0 radical (unpaired) electrons. The van der Waals surface area contributed by atoms with Crippen LogP contribution in [-0.2, 0) is 11.0 Å².